The molecule has 0 radical (unpaired) electrons. The van der Waals surface area contributed by atoms with Crippen molar-refractivity contribution in [3.8, 4) is 0 Å². The molecule has 0 aliphatic heterocycles. The molecular formula is C28H26N4O3. The van der Waals surface area contributed by atoms with Crippen LogP contribution in [0.15, 0.2) is 96.6 Å². The van der Waals surface area contributed by atoms with E-state index in [1.165, 1.54) is 0 Å². The monoisotopic (exact) mass is 466 g/mol. The van der Waals surface area contributed by atoms with Gasteiger partial charge in [0.05, 0.1) is 0 Å². The van der Waals surface area contributed by atoms with Crippen molar-refractivity contribution in [2.45, 2.75) is 12.8 Å². The van der Waals surface area contributed by atoms with Crippen LogP contribution in [0.25, 0.3) is 0 Å². The molecule has 3 amide bonds. The predicted molar refractivity (Wildman–Crippen MR) is 140 cm³/mol. The Labute approximate surface area is 203 Å². The number of benzene rings is 3. The van der Waals surface area contributed by atoms with E-state index < -0.39 is 0 Å². The second kappa shape index (κ2) is 11.0. The third-order valence-corrected chi connectivity index (χ3v) is 5.48. The average molecular weight is 467 g/mol. The molecule has 1 aliphatic rings. The first-order valence-electron chi connectivity index (χ1n) is 11.3. The van der Waals surface area contributed by atoms with Gasteiger partial charge in [0, 0.05) is 46.5 Å². The summed E-state index contributed by atoms with van der Waals surface area (Å²) in [5, 5.41) is 11.5. The highest BCUT2D eigenvalue weighted by atomic mass is 16.2. The molecule has 3 aromatic rings. The maximum absolute atomic E-state index is 12.8. The van der Waals surface area contributed by atoms with Crippen molar-refractivity contribution in [3.05, 3.63) is 108 Å². The largest absolute Gasteiger partial charge is 0.388 e. The molecule has 0 saturated heterocycles. The van der Waals surface area contributed by atoms with Crippen LogP contribution in [0.5, 0.6) is 0 Å². The third kappa shape index (κ3) is 6.23. The fourth-order valence-corrected chi connectivity index (χ4v) is 3.55. The van der Waals surface area contributed by atoms with Crippen molar-refractivity contribution < 1.29 is 14.4 Å². The smallest absolute Gasteiger partial charge is 0.255 e. The van der Waals surface area contributed by atoms with Crippen LogP contribution in [-0.4, -0.2) is 24.8 Å². The molecule has 7 heteroatoms. The first-order valence-corrected chi connectivity index (χ1v) is 11.3. The maximum Gasteiger partial charge on any atom is 0.255 e. The van der Waals surface area contributed by atoms with Crippen molar-refractivity contribution >= 4 is 40.5 Å². The highest BCUT2D eigenvalue weighted by Gasteiger charge is 2.12. The van der Waals surface area contributed by atoms with Crippen LogP contribution in [0.1, 0.15) is 33.6 Å². The van der Waals surface area contributed by atoms with Crippen LogP contribution >= 0.6 is 0 Å². The SMILES string of the molecule is CNc1ccc(NC(=O)c2cccc(C(=O)Nc3ccc(NC(=O)C4=CCCC=C4)cc3)c2)cc1. The van der Waals surface area contributed by atoms with Gasteiger partial charge in [0.25, 0.3) is 17.7 Å². The van der Waals surface area contributed by atoms with Gasteiger partial charge in [-0.25, -0.2) is 0 Å². The number of allylic oxidation sites excluding steroid dienone is 2. The van der Waals surface area contributed by atoms with Crippen LogP contribution in [0.4, 0.5) is 22.7 Å². The summed E-state index contributed by atoms with van der Waals surface area (Å²) in [5.74, 6) is -0.807. The zero-order chi connectivity index (χ0) is 24.6. The van der Waals surface area contributed by atoms with E-state index in [2.05, 4.69) is 21.3 Å². The fraction of sp³-hybridized carbons (Fsp3) is 0.107. The van der Waals surface area contributed by atoms with E-state index in [4.69, 9.17) is 0 Å². The van der Waals surface area contributed by atoms with Gasteiger partial charge in [0.1, 0.15) is 0 Å². The summed E-state index contributed by atoms with van der Waals surface area (Å²) >= 11 is 0. The predicted octanol–water partition coefficient (Wildman–Crippen LogP) is 5.45. The average Bonchev–Trinajstić information content (AvgIpc) is 2.90. The number of nitrogens with one attached hydrogen (secondary N) is 4. The first kappa shape index (κ1) is 23.5. The van der Waals surface area contributed by atoms with Crippen LogP contribution in [-0.2, 0) is 4.79 Å². The van der Waals surface area contributed by atoms with E-state index in [0.29, 0.717) is 33.8 Å². The van der Waals surface area contributed by atoms with Crippen LogP contribution < -0.4 is 21.3 Å². The Morgan fingerprint density at radius 3 is 1.57 bits per heavy atom. The molecular weight excluding hydrogens is 440 g/mol. The summed E-state index contributed by atoms with van der Waals surface area (Å²) in [7, 11) is 1.82. The number of carbonyl (C=O) groups is 3. The second-order valence-corrected chi connectivity index (χ2v) is 7.99. The van der Waals surface area contributed by atoms with Gasteiger partial charge in [-0.1, -0.05) is 24.3 Å². The van der Waals surface area contributed by atoms with E-state index in [1.807, 2.05) is 37.4 Å². The number of carbonyl (C=O) groups excluding carboxylic acids is 3. The van der Waals surface area contributed by atoms with Crippen LogP contribution in [0, 0.1) is 0 Å². The minimum absolute atomic E-state index is 0.161. The highest BCUT2D eigenvalue weighted by Crippen LogP contribution is 2.18. The van der Waals surface area contributed by atoms with E-state index in [9.17, 15) is 14.4 Å². The Kier molecular flexibility index (Phi) is 7.37. The lowest BCUT2D eigenvalue weighted by Crippen LogP contribution is -2.16. The lowest BCUT2D eigenvalue weighted by molar-refractivity contribution is -0.112. The van der Waals surface area contributed by atoms with Crippen LogP contribution in [0.3, 0.4) is 0 Å². The maximum atomic E-state index is 12.8. The van der Waals surface area contributed by atoms with Gasteiger partial charge in [-0.2, -0.15) is 0 Å². The van der Waals surface area contributed by atoms with Crippen molar-refractivity contribution in [2.24, 2.45) is 0 Å². The van der Waals surface area contributed by atoms with E-state index in [-0.39, 0.29) is 17.7 Å². The molecule has 0 aromatic heterocycles. The Bertz CT molecular complexity index is 1290. The van der Waals surface area contributed by atoms with Gasteiger partial charge in [-0.3, -0.25) is 14.4 Å². The molecule has 3 aromatic carbocycles. The Morgan fingerprint density at radius 1 is 0.629 bits per heavy atom. The minimum Gasteiger partial charge on any atom is -0.388 e. The van der Waals surface area contributed by atoms with Crippen molar-refractivity contribution in [3.63, 3.8) is 0 Å². The van der Waals surface area contributed by atoms with Gasteiger partial charge < -0.3 is 21.3 Å². The first-order chi connectivity index (χ1) is 17.0. The van der Waals surface area contributed by atoms with Crippen molar-refractivity contribution in [1.29, 1.82) is 0 Å². The summed E-state index contributed by atoms with van der Waals surface area (Å²) in [6.45, 7) is 0. The zero-order valence-corrected chi connectivity index (χ0v) is 19.3. The molecule has 0 bridgehead atoms. The molecule has 35 heavy (non-hydrogen) atoms. The van der Waals surface area contributed by atoms with E-state index in [1.54, 1.807) is 60.7 Å². The second-order valence-electron chi connectivity index (χ2n) is 7.99. The van der Waals surface area contributed by atoms with Gasteiger partial charge in [0.15, 0.2) is 0 Å². The Morgan fingerprint density at radius 2 is 1.11 bits per heavy atom. The van der Waals surface area contributed by atoms with E-state index in [0.717, 1.165) is 18.5 Å². The molecule has 4 N–H and O–H groups in total. The summed E-state index contributed by atoms with van der Waals surface area (Å²) in [6, 6.07) is 20.7. The third-order valence-electron chi connectivity index (χ3n) is 5.48. The van der Waals surface area contributed by atoms with Crippen LogP contribution in [0.2, 0.25) is 0 Å². The number of hydrogen-bond donors (Lipinski definition) is 4. The van der Waals surface area contributed by atoms with Gasteiger partial charge in [-0.05, 0) is 79.6 Å². The number of hydrogen-bond acceptors (Lipinski definition) is 4. The lowest BCUT2D eigenvalue weighted by atomic mass is 10.1. The normalized spacial score (nSPS) is 12.3. The highest BCUT2D eigenvalue weighted by molar-refractivity contribution is 6.09. The Hall–Kier alpha value is -4.65. The number of amides is 3. The molecule has 0 atom stereocenters. The topological polar surface area (TPSA) is 99.3 Å². The summed E-state index contributed by atoms with van der Waals surface area (Å²) in [5.41, 5.74) is 4.19. The quantitative estimate of drug-likeness (QED) is 0.372. The van der Waals surface area contributed by atoms with Gasteiger partial charge in [0.2, 0.25) is 0 Å². The zero-order valence-electron chi connectivity index (χ0n) is 19.3. The summed E-state index contributed by atoms with van der Waals surface area (Å²) in [4.78, 5) is 37.7. The molecule has 0 heterocycles. The van der Waals surface area contributed by atoms with Gasteiger partial charge >= 0.3 is 0 Å². The summed E-state index contributed by atoms with van der Waals surface area (Å²) in [6.07, 6.45) is 7.52. The summed E-state index contributed by atoms with van der Waals surface area (Å²) < 4.78 is 0. The molecule has 0 saturated carbocycles. The Balaban J connectivity index is 1.36. The molecule has 7 nitrogen and oxygen atoms in total. The molecule has 4 rings (SSSR count). The fourth-order valence-electron chi connectivity index (χ4n) is 3.55. The standard InChI is InChI=1S/C28H26N4O3/c1-29-22-10-12-23(13-11-22)31-27(34)20-8-5-9-21(18-20)28(35)32-25-16-14-24(15-17-25)30-26(33)19-6-3-2-4-7-19/h3,5-18,29H,2,4H2,1H3,(H,30,33)(H,31,34)(H,32,35). The molecule has 1 aliphatic carbocycles. The molecule has 176 valence electrons. The minimum atomic E-state index is -0.340. The molecule has 0 fully saturated rings. The number of anilines is 4. The van der Waals surface area contributed by atoms with Gasteiger partial charge in [-0.15, -0.1) is 0 Å². The lowest BCUT2D eigenvalue weighted by Gasteiger charge is -2.10. The van der Waals surface area contributed by atoms with Crippen molar-refractivity contribution in [2.75, 3.05) is 28.3 Å². The molecule has 0 unspecified atom stereocenters. The molecule has 0 spiro atoms. The number of rotatable bonds is 7. The van der Waals surface area contributed by atoms with E-state index >= 15 is 0 Å². The van der Waals surface area contributed by atoms with Crippen molar-refractivity contribution in [1.82, 2.24) is 0 Å².